The molecule has 94 valence electrons. The summed E-state index contributed by atoms with van der Waals surface area (Å²) in [4.78, 5) is 2.50. The van der Waals surface area contributed by atoms with Crippen LogP contribution in [0.25, 0.3) is 0 Å². The zero-order chi connectivity index (χ0) is 11.6. The lowest BCUT2D eigenvalue weighted by molar-refractivity contribution is -0.0423. The third-order valence-corrected chi connectivity index (χ3v) is 4.54. The Morgan fingerprint density at radius 2 is 2.00 bits per heavy atom. The van der Waals surface area contributed by atoms with Gasteiger partial charge in [-0.3, -0.25) is 4.90 Å². The number of nitrogens with zero attached hydrogens (tertiary/aromatic N) is 1. The van der Waals surface area contributed by atoms with Crippen LogP contribution in [0.15, 0.2) is 0 Å². The summed E-state index contributed by atoms with van der Waals surface area (Å²) < 4.78 is 0. The highest BCUT2D eigenvalue weighted by atomic mass is 16.3. The second kappa shape index (κ2) is 5.03. The van der Waals surface area contributed by atoms with E-state index in [-0.39, 0.29) is 0 Å². The summed E-state index contributed by atoms with van der Waals surface area (Å²) in [5.41, 5.74) is -0.434. The van der Waals surface area contributed by atoms with Gasteiger partial charge < -0.3 is 10.4 Å². The van der Waals surface area contributed by atoms with Crippen LogP contribution in [0.3, 0.4) is 0 Å². The molecule has 0 aliphatic carbocycles. The second-order valence-corrected chi connectivity index (χ2v) is 5.80. The number of hydrogen-bond acceptors (Lipinski definition) is 3. The molecule has 2 atom stereocenters. The molecule has 2 unspecified atom stereocenters. The Morgan fingerprint density at radius 1 is 1.31 bits per heavy atom. The first kappa shape index (κ1) is 12.3. The summed E-state index contributed by atoms with van der Waals surface area (Å²) in [7, 11) is 0. The number of β-amino-alcohol motifs (C(OH)–C–C–N with tert-alkyl or cyclic N) is 1. The highest BCUT2D eigenvalue weighted by Crippen LogP contribution is 2.27. The summed E-state index contributed by atoms with van der Waals surface area (Å²) in [6.45, 7) is 8.63. The monoisotopic (exact) mass is 226 g/mol. The zero-order valence-electron chi connectivity index (χ0n) is 10.7. The average Bonchev–Trinajstić information content (AvgIpc) is 2.26. The fraction of sp³-hybridized carbons (Fsp3) is 1.00. The van der Waals surface area contributed by atoms with Crippen molar-refractivity contribution in [3.63, 3.8) is 0 Å². The molecule has 2 heterocycles. The number of aliphatic hydroxyl groups is 1. The van der Waals surface area contributed by atoms with Crippen molar-refractivity contribution < 1.29 is 5.11 Å². The average molecular weight is 226 g/mol. The number of nitrogens with one attached hydrogen (secondary N) is 1. The van der Waals surface area contributed by atoms with Crippen LogP contribution in [0.5, 0.6) is 0 Å². The molecule has 0 radical (unpaired) electrons. The normalized spacial score (nSPS) is 36.2. The molecule has 3 heteroatoms. The molecule has 2 fully saturated rings. The SMILES string of the molecule is CC1CCCN(CC2(O)CCNCC2)C1C. The Bertz CT molecular complexity index is 226. The summed E-state index contributed by atoms with van der Waals surface area (Å²) in [6.07, 6.45) is 4.45. The molecule has 0 spiro atoms. The Balaban J connectivity index is 1.92. The van der Waals surface area contributed by atoms with E-state index in [0.29, 0.717) is 6.04 Å². The molecule has 0 amide bonds. The molecule has 2 aliphatic rings. The van der Waals surface area contributed by atoms with E-state index in [0.717, 1.165) is 38.4 Å². The summed E-state index contributed by atoms with van der Waals surface area (Å²) >= 11 is 0. The highest BCUT2D eigenvalue weighted by molar-refractivity contribution is 4.90. The van der Waals surface area contributed by atoms with Crippen molar-refractivity contribution in [1.82, 2.24) is 10.2 Å². The lowest BCUT2D eigenvalue weighted by Crippen LogP contribution is -2.54. The van der Waals surface area contributed by atoms with Crippen LogP contribution < -0.4 is 5.32 Å². The Morgan fingerprint density at radius 3 is 2.69 bits per heavy atom. The molecule has 2 aliphatic heterocycles. The molecule has 2 rings (SSSR count). The number of rotatable bonds is 2. The van der Waals surface area contributed by atoms with Crippen LogP contribution in [0, 0.1) is 5.92 Å². The van der Waals surface area contributed by atoms with E-state index in [1.807, 2.05) is 0 Å². The van der Waals surface area contributed by atoms with Gasteiger partial charge in [0.15, 0.2) is 0 Å². The Kier molecular flexibility index (Phi) is 3.88. The largest absolute Gasteiger partial charge is 0.388 e. The van der Waals surface area contributed by atoms with Gasteiger partial charge in [-0.15, -0.1) is 0 Å². The van der Waals surface area contributed by atoms with Crippen LogP contribution in [0.2, 0.25) is 0 Å². The van der Waals surface area contributed by atoms with E-state index in [4.69, 9.17) is 0 Å². The van der Waals surface area contributed by atoms with E-state index < -0.39 is 5.60 Å². The van der Waals surface area contributed by atoms with Crippen molar-refractivity contribution in [1.29, 1.82) is 0 Å². The number of piperidine rings is 2. The van der Waals surface area contributed by atoms with Gasteiger partial charge in [0.1, 0.15) is 0 Å². The quantitative estimate of drug-likeness (QED) is 0.743. The molecule has 0 aromatic carbocycles. The Hall–Kier alpha value is -0.120. The molecule has 0 aromatic rings. The lowest BCUT2D eigenvalue weighted by atomic mass is 9.87. The molecule has 0 aromatic heterocycles. The molecule has 2 saturated heterocycles. The van der Waals surface area contributed by atoms with Gasteiger partial charge in [-0.1, -0.05) is 6.92 Å². The van der Waals surface area contributed by atoms with E-state index in [1.54, 1.807) is 0 Å². The lowest BCUT2D eigenvalue weighted by Gasteiger charge is -2.43. The van der Waals surface area contributed by atoms with Gasteiger partial charge in [0, 0.05) is 12.6 Å². The predicted octanol–water partition coefficient (Wildman–Crippen LogP) is 1.22. The third-order valence-electron chi connectivity index (χ3n) is 4.54. The van der Waals surface area contributed by atoms with Crippen LogP contribution in [0.4, 0.5) is 0 Å². The predicted molar refractivity (Wildman–Crippen MR) is 66.5 cm³/mol. The molecule has 16 heavy (non-hydrogen) atoms. The van der Waals surface area contributed by atoms with Gasteiger partial charge in [-0.05, 0) is 58.2 Å². The molecular weight excluding hydrogens is 200 g/mol. The number of hydrogen-bond donors (Lipinski definition) is 2. The van der Waals surface area contributed by atoms with Gasteiger partial charge in [0.2, 0.25) is 0 Å². The second-order valence-electron chi connectivity index (χ2n) is 5.80. The molecule has 3 nitrogen and oxygen atoms in total. The first-order valence-corrected chi connectivity index (χ1v) is 6.78. The number of likely N-dealkylation sites (tertiary alicyclic amines) is 1. The molecule has 0 bridgehead atoms. The van der Waals surface area contributed by atoms with Gasteiger partial charge >= 0.3 is 0 Å². The first-order valence-electron chi connectivity index (χ1n) is 6.78. The fourth-order valence-corrected chi connectivity index (χ4v) is 3.07. The fourth-order valence-electron chi connectivity index (χ4n) is 3.07. The molecule has 2 N–H and O–H groups in total. The zero-order valence-corrected chi connectivity index (χ0v) is 10.7. The van der Waals surface area contributed by atoms with Gasteiger partial charge in [-0.2, -0.15) is 0 Å². The minimum absolute atomic E-state index is 0.434. The summed E-state index contributed by atoms with van der Waals surface area (Å²) in [6, 6.07) is 0.632. The van der Waals surface area contributed by atoms with E-state index in [9.17, 15) is 5.11 Å². The van der Waals surface area contributed by atoms with E-state index in [1.165, 1.54) is 19.4 Å². The maximum Gasteiger partial charge on any atom is 0.0798 e. The van der Waals surface area contributed by atoms with Gasteiger partial charge in [-0.25, -0.2) is 0 Å². The third kappa shape index (κ3) is 2.76. The minimum Gasteiger partial charge on any atom is -0.388 e. The molecule has 0 saturated carbocycles. The van der Waals surface area contributed by atoms with Crippen molar-refractivity contribution in [2.24, 2.45) is 5.92 Å². The van der Waals surface area contributed by atoms with Crippen LogP contribution in [0.1, 0.15) is 39.5 Å². The molecular formula is C13H26N2O. The van der Waals surface area contributed by atoms with E-state index >= 15 is 0 Å². The highest BCUT2D eigenvalue weighted by Gasteiger charge is 2.34. The topological polar surface area (TPSA) is 35.5 Å². The van der Waals surface area contributed by atoms with Crippen LogP contribution in [-0.4, -0.2) is 47.8 Å². The van der Waals surface area contributed by atoms with E-state index in [2.05, 4.69) is 24.1 Å². The van der Waals surface area contributed by atoms with Crippen molar-refractivity contribution in [3.05, 3.63) is 0 Å². The smallest absolute Gasteiger partial charge is 0.0798 e. The minimum atomic E-state index is -0.434. The standard InChI is InChI=1S/C13H26N2O/c1-11-4-3-9-15(12(11)2)10-13(16)5-7-14-8-6-13/h11-12,14,16H,3-10H2,1-2H3. The van der Waals surface area contributed by atoms with Crippen LogP contribution in [-0.2, 0) is 0 Å². The summed E-state index contributed by atoms with van der Waals surface area (Å²) in [5.74, 6) is 0.777. The van der Waals surface area contributed by atoms with Gasteiger partial charge in [0.05, 0.1) is 5.60 Å². The Labute approximate surface area is 99.2 Å². The van der Waals surface area contributed by atoms with Crippen molar-refractivity contribution in [3.8, 4) is 0 Å². The van der Waals surface area contributed by atoms with Crippen molar-refractivity contribution in [2.75, 3.05) is 26.2 Å². The first-order chi connectivity index (χ1) is 7.61. The van der Waals surface area contributed by atoms with Crippen LogP contribution >= 0.6 is 0 Å². The maximum atomic E-state index is 10.5. The van der Waals surface area contributed by atoms with Crippen molar-refractivity contribution in [2.45, 2.75) is 51.2 Å². The summed E-state index contributed by atoms with van der Waals surface area (Å²) in [5, 5.41) is 13.9. The maximum absolute atomic E-state index is 10.5. The van der Waals surface area contributed by atoms with Crippen molar-refractivity contribution >= 4 is 0 Å². The van der Waals surface area contributed by atoms with Gasteiger partial charge in [0.25, 0.3) is 0 Å².